The van der Waals surface area contributed by atoms with Crippen molar-refractivity contribution in [3.63, 3.8) is 0 Å². The summed E-state index contributed by atoms with van der Waals surface area (Å²) in [6, 6.07) is 11.3. The predicted octanol–water partition coefficient (Wildman–Crippen LogP) is 4.15. The summed E-state index contributed by atoms with van der Waals surface area (Å²) in [6.45, 7) is 6.22. The van der Waals surface area contributed by atoms with E-state index in [1.165, 1.54) is 6.33 Å². The summed E-state index contributed by atoms with van der Waals surface area (Å²) in [5.74, 6) is 0.739. The van der Waals surface area contributed by atoms with E-state index in [1.807, 2.05) is 51.1 Å². The van der Waals surface area contributed by atoms with Crippen LogP contribution in [0.2, 0.25) is 0 Å². The lowest BCUT2D eigenvalue weighted by Crippen LogP contribution is -2.22. The lowest BCUT2D eigenvalue weighted by molar-refractivity contribution is 0.0914. The maximum atomic E-state index is 12.3. The highest BCUT2D eigenvalue weighted by Crippen LogP contribution is 2.30. The molecule has 0 saturated heterocycles. The summed E-state index contributed by atoms with van der Waals surface area (Å²) in [4.78, 5) is 20.8. The Bertz CT molecular complexity index is 1160. The fourth-order valence-electron chi connectivity index (χ4n) is 2.95. The van der Waals surface area contributed by atoms with Crippen LogP contribution in [0.15, 0.2) is 58.0 Å². The van der Waals surface area contributed by atoms with E-state index in [0.717, 1.165) is 33.8 Å². The molecule has 8 heteroatoms. The lowest BCUT2D eigenvalue weighted by Gasteiger charge is -2.07. The summed E-state index contributed by atoms with van der Waals surface area (Å²) in [5, 5.41) is 10.7. The largest absolute Gasteiger partial charge is 0.356 e. The van der Waals surface area contributed by atoms with Crippen molar-refractivity contribution in [1.82, 2.24) is 25.6 Å². The fourth-order valence-corrected chi connectivity index (χ4v) is 2.95. The number of benzene rings is 1. The lowest BCUT2D eigenvalue weighted by atomic mass is 10.0. The number of hydrogen-bond donors (Lipinski definition) is 1. The van der Waals surface area contributed by atoms with Gasteiger partial charge in [0.05, 0.1) is 22.6 Å². The summed E-state index contributed by atoms with van der Waals surface area (Å²) in [6.07, 6.45) is 3.21. The van der Waals surface area contributed by atoms with E-state index >= 15 is 0 Å². The second kappa shape index (κ2) is 8.28. The summed E-state index contributed by atoms with van der Waals surface area (Å²) < 4.78 is 10.5. The van der Waals surface area contributed by atoms with Gasteiger partial charge in [-0.2, -0.15) is 0 Å². The predicted molar refractivity (Wildman–Crippen MR) is 109 cm³/mol. The minimum Gasteiger partial charge on any atom is -0.356 e. The molecule has 3 heterocycles. The van der Waals surface area contributed by atoms with E-state index in [2.05, 4.69) is 25.6 Å². The average Bonchev–Trinajstić information content (AvgIpc) is 3.42. The van der Waals surface area contributed by atoms with E-state index in [9.17, 15) is 4.79 Å². The highest BCUT2D eigenvalue weighted by atomic mass is 16.5. The Kier molecular flexibility index (Phi) is 5.38. The molecule has 1 amide bonds. The molecule has 0 atom stereocenters. The molecule has 0 spiro atoms. The van der Waals surface area contributed by atoms with Gasteiger partial charge >= 0.3 is 0 Å². The van der Waals surface area contributed by atoms with Crippen LogP contribution in [0.1, 0.15) is 47.3 Å². The number of amides is 1. The molecule has 1 aromatic carbocycles. The SMILES string of the molecule is Cc1cc(-c2cncnc2-c2ccc(CNC(=O)c3cc(C(C)C)no3)cc2)on1. The Morgan fingerprint density at radius 1 is 1.10 bits per heavy atom. The zero-order valence-electron chi connectivity index (χ0n) is 16.9. The molecule has 3 aromatic heterocycles. The van der Waals surface area contributed by atoms with Gasteiger partial charge in [0.2, 0.25) is 5.76 Å². The number of nitrogens with one attached hydrogen (secondary N) is 1. The van der Waals surface area contributed by atoms with E-state index in [4.69, 9.17) is 9.05 Å². The number of nitrogens with zero attached hydrogens (tertiary/aromatic N) is 4. The maximum Gasteiger partial charge on any atom is 0.290 e. The molecule has 1 N–H and O–H groups in total. The van der Waals surface area contributed by atoms with E-state index in [0.29, 0.717) is 12.3 Å². The van der Waals surface area contributed by atoms with Crippen LogP contribution in [0.3, 0.4) is 0 Å². The van der Waals surface area contributed by atoms with Gasteiger partial charge < -0.3 is 14.4 Å². The number of aromatic nitrogens is 4. The summed E-state index contributed by atoms with van der Waals surface area (Å²) in [5.41, 5.74) is 4.92. The van der Waals surface area contributed by atoms with Crippen molar-refractivity contribution in [1.29, 1.82) is 0 Å². The highest BCUT2D eigenvalue weighted by Gasteiger charge is 2.15. The first-order chi connectivity index (χ1) is 14.5. The number of carbonyl (C=O) groups excluding carboxylic acids is 1. The first kappa shape index (κ1) is 19.5. The van der Waals surface area contributed by atoms with Crippen LogP contribution in [0, 0.1) is 6.92 Å². The highest BCUT2D eigenvalue weighted by molar-refractivity contribution is 5.91. The topological polar surface area (TPSA) is 107 Å². The Balaban J connectivity index is 1.47. The van der Waals surface area contributed by atoms with E-state index in [-0.39, 0.29) is 17.6 Å². The number of aryl methyl sites for hydroxylation is 1. The van der Waals surface area contributed by atoms with Crippen LogP contribution in [-0.4, -0.2) is 26.2 Å². The van der Waals surface area contributed by atoms with Gasteiger partial charge in [-0.25, -0.2) is 9.97 Å². The fraction of sp³-hybridized carbons (Fsp3) is 0.227. The average molecular weight is 403 g/mol. The van der Waals surface area contributed by atoms with E-state index < -0.39 is 0 Å². The third-order valence-electron chi connectivity index (χ3n) is 4.63. The Labute approximate surface area is 173 Å². The van der Waals surface area contributed by atoms with Crippen molar-refractivity contribution in [2.45, 2.75) is 33.2 Å². The smallest absolute Gasteiger partial charge is 0.290 e. The van der Waals surface area contributed by atoms with Crippen molar-refractivity contribution in [3.05, 3.63) is 71.6 Å². The van der Waals surface area contributed by atoms with Crippen molar-refractivity contribution in [2.75, 3.05) is 0 Å². The Morgan fingerprint density at radius 3 is 2.57 bits per heavy atom. The number of hydrogen-bond acceptors (Lipinski definition) is 7. The molecule has 152 valence electrons. The van der Waals surface area contributed by atoms with Crippen molar-refractivity contribution in [2.24, 2.45) is 0 Å². The molecule has 0 radical (unpaired) electrons. The number of rotatable bonds is 6. The molecule has 0 bridgehead atoms. The molecule has 0 aliphatic carbocycles. The van der Waals surface area contributed by atoms with Gasteiger partial charge in [-0.15, -0.1) is 0 Å². The van der Waals surface area contributed by atoms with Crippen LogP contribution in [-0.2, 0) is 6.54 Å². The quantitative estimate of drug-likeness (QED) is 0.515. The first-order valence-electron chi connectivity index (χ1n) is 9.59. The van der Waals surface area contributed by atoms with Gasteiger partial charge in [-0.05, 0) is 18.4 Å². The normalized spacial score (nSPS) is 11.1. The summed E-state index contributed by atoms with van der Waals surface area (Å²) >= 11 is 0. The van der Waals surface area contributed by atoms with Gasteiger partial charge in [0.15, 0.2) is 5.76 Å². The zero-order valence-corrected chi connectivity index (χ0v) is 16.9. The molecule has 0 fully saturated rings. The molecule has 30 heavy (non-hydrogen) atoms. The molecule has 8 nitrogen and oxygen atoms in total. The minimum atomic E-state index is -0.294. The van der Waals surface area contributed by atoms with Crippen LogP contribution in [0.4, 0.5) is 0 Å². The van der Waals surface area contributed by atoms with E-state index in [1.54, 1.807) is 12.3 Å². The molecule has 4 aromatic rings. The third-order valence-corrected chi connectivity index (χ3v) is 4.63. The maximum absolute atomic E-state index is 12.3. The zero-order chi connectivity index (χ0) is 21.1. The Hall–Kier alpha value is -3.81. The third kappa shape index (κ3) is 4.12. The van der Waals surface area contributed by atoms with Gasteiger partial charge in [-0.3, -0.25) is 4.79 Å². The van der Waals surface area contributed by atoms with Crippen LogP contribution in [0.5, 0.6) is 0 Å². The standard InChI is InChI=1S/C22H21N5O3/c1-13(2)18-9-20(30-27-18)22(28)24-10-15-4-6-16(7-5-15)21-17(11-23-12-25-21)19-8-14(3)26-29-19/h4-9,11-13H,10H2,1-3H3,(H,24,28). The molecule has 4 rings (SSSR count). The number of carbonyl (C=O) groups is 1. The van der Waals surface area contributed by atoms with Gasteiger partial charge in [0, 0.05) is 30.4 Å². The molecule has 0 aliphatic heterocycles. The first-order valence-corrected chi connectivity index (χ1v) is 9.59. The molecular weight excluding hydrogens is 382 g/mol. The van der Waals surface area contributed by atoms with Crippen LogP contribution in [0.25, 0.3) is 22.6 Å². The van der Waals surface area contributed by atoms with Crippen LogP contribution >= 0.6 is 0 Å². The van der Waals surface area contributed by atoms with Gasteiger partial charge in [-0.1, -0.05) is 48.4 Å². The van der Waals surface area contributed by atoms with Crippen molar-refractivity contribution < 1.29 is 13.8 Å². The van der Waals surface area contributed by atoms with Gasteiger partial charge in [0.1, 0.15) is 6.33 Å². The molecule has 0 aliphatic rings. The molecule has 0 unspecified atom stereocenters. The van der Waals surface area contributed by atoms with Crippen molar-refractivity contribution in [3.8, 4) is 22.6 Å². The second-order valence-electron chi connectivity index (χ2n) is 7.27. The van der Waals surface area contributed by atoms with Crippen molar-refractivity contribution >= 4 is 5.91 Å². The second-order valence-corrected chi connectivity index (χ2v) is 7.27. The summed E-state index contributed by atoms with van der Waals surface area (Å²) in [7, 11) is 0. The molecule has 0 saturated carbocycles. The minimum absolute atomic E-state index is 0.204. The Morgan fingerprint density at radius 2 is 1.90 bits per heavy atom. The van der Waals surface area contributed by atoms with Crippen LogP contribution < -0.4 is 5.32 Å². The van der Waals surface area contributed by atoms with Gasteiger partial charge in [0.25, 0.3) is 5.91 Å². The molecular formula is C22H21N5O3. The monoisotopic (exact) mass is 403 g/mol.